The maximum absolute atomic E-state index is 12.3. The number of hydrogen-bond acceptors (Lipinski definition) is 6. The van der Waals surface area contributed by atoms with Crippen LogP contribution in [-0.2, 0) is 0 Å². The van der Waals surface area contributed by atoms with Crippen LogP contribution in [0.2, 0.25) is 0 Å². The van der Waals surface area contributed by atoms with Crippen molar-refractivity contribution < 1.29 is 9.21 Å². The highest BCUT2D eigenvalue weighted by molar-refractivity contribution is 5.89. The summed E-state index contributed by atoms with van der Waals surface area (Å²) in [6.07, 6.45) is 3.13. The Morgan fingerprint density at radius 3 is 2.85 bits per heavy atom. The van der Waals surface area contributed by atoms with Crippen LogP contribution in [0.3, 0.4) is 0 Å². The van der Waals surface area contributed by atoms with Gasteiger partial charge in [0.25, 0.3) is 0 Å². The molecule has 0 saturated carbocycles. The molecule has 0 aliphatic rings. The summed E-state index contributed by atoms with van der Waals surface area (Å²) in [5.74, 6) is 0.798. The van der Waals surface area contributed by atoms with Gasteiger partial charge in [-0.2, -0.15) is 0 Å². The number of amides is 2. The van der Waals surface area contributed by atoms with Gasteiger partial charge in [0, 0.05) is 12.2 Å². The van der Waals surface area contributed by atoms with Crippen molar-refractivity contribution in [3.05, 3.63) is 54.2 Å². The van der Waals surface area contributed by atoms with Crippen LogP contribution in [0, 0.1) is 6.92 Å². The fourth-order valence-corrected chi connectivity index (χ4v) is 2.59. The zero-order chi connectivity index (χ0) is 18.5. The maximum Gasteiger partial charge on any atom is 0.319 e. The first-order valence-corrected chi connectivity index (χ1v) is 8.13. The molecule has 3 aromatic rings. The minimum absolute atomic E-state index is 0.0504. The Morgan fingerprint density at radius 1 is 1.35 bits per heavy atom. The van der Waals surface area contributed by atoms with Crippen molar-refractivity contribution in [2.45, 2.75) is 13.0 Å². The number of nitrogens with zero attached hydrogens (tertiary/aromatic N) is 5. The molecule has 0 spiro atoms. The van der Waals surface area contributed by atoms with Crippen LogP contribution in [0.25, 0.3) is 5.69 Å². The van der Waals surface area contributed by atoms with Crippen LogP contribution in [0.5, 0.6) is 0 Å². The lowest BCUT2D eigenvalue weighted by atomic mass is 10.2. The van der Waals surface area contributed by atoms with Gasteiger partial charge in [-0.15, -0.1) is 5.10 Å². The fourth-order valence-electron chi connectivity index (χ4n) is 2.59. The lowest BCUT2D eigenvalue weighted by Crippen LogP contribution is -2.36. The van der Waals surface area contributed by atoms with Gasteiger partial charge in [0.15, 0.2) is 0 Å². The number of furan rings is 1. The van der Waals surface area contributed by atoms with Gasteiger partial charge in [0.05, 0.1) is 18.0 Å². The molecule has 9 nitrogen and oxygen atoms in total. The maximum atomic E-state index is 12.3. The molecule has 136 valence electrons. The number of anilines is 1. The standard InChI is InChI=1S/C17H21N7O2/c1-12-6-7-13(9-14(12)24-11-19-21-22-24)20-17(25)18-10-15(23(2)3)16-5-4-8-26-16/h4-9,11,15H,10H2,1-3H3,(H2,18,20,25)/t15-/m0/s1. The first-order chi connectivity index (χ1) is 12.5. The van der Waals surface area contributed by atoms with E-state index in [1.807, 2.05) is 56.3 Å². The van der Waals surface area contributed by atoms with Crippen molar-refractivity contribution in [1.82, 2.24) is 30.4 Å². The Morgan fingerprint density at radius 2 is 2.19 bits per heavy atom. The number of aryl methyl sites for hydroxylation is 1. The predicted octanol–water partition coefficient (Wildman–Crippen LogP) is 1.99. The summed E-state index contributed by atoms with van der Waals surface area (Å²) in [7, 11) is 3.87. The lowest BCUT2D eigenvalue weighted by Gasteiger charge is -2.22. The average molecular weight is 355 g/mol. The monoisotopic (exact) mass is 355 g/mol. The van der Waals surface area contributed by atoms with E-state index in [0.717, 1.165) is 17.0 Å². The Labute approximate surface area is 151 Å². The first-order valence-electron chi connectivity index (χ1n) is 8.13. The molecule has 0 saturated heterocycles. The van der Waals surface area contributed by atoms with Crippen molar-refractivity contribution >= 4 is 11.7 Å². The van der Waals surface area contributed by atoms with Gasteiger partial charge in [-0.1, -0.05) is 6.07 Å². The normalized spacial score (nSPS) is 12.2. The van der Waals surface area contributed by atoms with E-state index in [0.29, 0.717) is 12.2 Å². The van der Waals surface area contributed by atoms with Crippen LogP contribution in [0.15, 0.2) is 47.3 Å². The third-order valence-electron chi connectivity index (χ3n) is 4.01. The second-order valence-electron chi connectivity index (χ2n) is 6.09. The highest BCUT2D eigenvalue weighted by Crippen LogP contribution is 2.19. The summed E-state index contributed by atoms with van der Waals surface area (Å²) in [5, 5.41) is 16.9. The molecule has 9 heteroatoms. The van der Waals surface area contributed by atoms with E-state index < -0.39 is 0 Å². The molecular weight excluding hydrogens is 334 g/mol. The molecule has 26 heavy (non-hydrogen) atoms. The number of benzene rings is 1. The van der Waals surface area contributed by atoms with Gasteiger partial charge < -0.3 is 15.1 Å². The van der Waals surface area contributed by atoms with Gasteiger partial charge in [-0.05, 0) is 61.3 Å². The fraction of sp³-hybridized carbons (Fsp3) is 0.294. The van der Waals surface area contributed by atoms with Crippen LogP contribution in [0.4, 0.5) is 10.5 Å². The zero-order valence-electron chi connectivity index (χ0n) is 14.9. The molecule has 0 bridgehead atoms. The molecule has 1 aromatic carbocycles. The van der Waals surface area contributed by atoms with Crippen molar-refractivity contribution in [1.29, 1.82) is 0 Å². The van der Waals surface area contributed by atoms with Crippen LogP contribution in [0.1, 0.15) is 17.4 Å². The van der Waals surface area contributed by atoms with Crippen LogP contribution >= 0.6 is 0 Å². The molecule has 2 aromatic heterocycles. The molecule has 0 radical (unpaired) electrons. The van der Waals surface area contributed by atoms with E-state index in [9.17, 15) is 4.79 Å². The molecule has 3 rings (SSSR count). The third kappa shape index (κ3) is 4.06. The number of tetrazole rings is 1. The van der Waals surface area contributed by atoms with Gasteiger partial charge >= 0.3 is 6.03 Å². The smallest absolute Gasteiger partial charge is 0.319 e. The molecule has 0 fully saturated rings. The van der Waals surface area contributed by atoms with E-state index in [1.165, 1.54) is 6.33 Å². The van der Waals surface area contributed by atoms with Crippen molar-refractivity contribution in [3.8, 4) is 5.69 Å². The number of likely N-dealkylation sites (N-methyl/N-ethyl adjacent to an activating group) is 1. The number of carbonyl (C=O) groups is 1. The number of urea groups is 1. The van der Waals surface area contributed by atoms with Gasteiger partial charge in [0.2, 0.25) is 0 Å². The summed E-state index contributed by atoms with van der Waals surface area (Å²) < 4.78 is 7.00. The van der Waals surface area contributed by atoms with Crippen molar-refractivity contribution in [2.75, 3.05) is 26.0 Å². The topological polar surface area (TPSA) is 101 Å². The van der Waals surface area contributed by atoms with E-state index in [2.05, 4.69) is 26.2 Å². The molecular formula is C17H21N7O2. The highest BCUT2D eigenvalue weighted by Gasteiger charge is 2.18. The Hall–Kier alpha value is -3.20. The summed E-state index contributed by atoms with van der Waals surface area (Å²) in [6, 6.07) is 8.93. The van der Waals surface area contributed by atoms with Gasteiger partial charge in [-0.3, -0.25) is 4.90 Å². The average Bonchev–Trinajstić information content (AvgIpc) is 3.30. The summed E-state index contributed by atoms with van der Waals surface area (Å²) >= 11 is 0. The Kier molecular flexibility index (Phi) is 5.28. The van der Waals surface area contributed by atoms with Gasteiger partial charge in [-0.25, -0.2) is 9.48 Å². The first kappa shape index (κ1) is 17.6. The Bertz CT molecular complexity index is 844. The number of hydrogen-bond donors (Lipinski definition) is 2. The SMILES string of the molecule is Cc1ccc(NC(=O)NC[C@@H](c2ccco2)N(C)C)cc1-n1cnnn1. The van der Waals surface area contributed by atoms with E-state index in [4.69, 9.17) is 4.42 Å². The van der Waals surface area contributed by atoms with Crippen LogP contribution in [-0.4, -0.2) is 51.8 Å². The second kappa shape index (κ2) is 7.79. The molecule has 2 heterocycles. The van der Waals surface area contributed by atoms with E-state index in [-0.39, 0.29) is 12.1 Å². The molecule has 1 atom stereocenters. The number of rotatable bonds is 6. The predicted molar refractivity (Wildman–Crippen MR) is 96.0 cm³/mol. The van der Waals surface area contributed by atoms with E-state index >= 15 is 0 Å². The minimum Gasteiger partial charge on any atom is -0.468 e. The molecule has 2 amide bonds. The number of carbonyl (C=O) groups excluding carboxylic acids is 1. The minimum atomic E-state index is -0.296. The van der Waals surface area contributed by atoms with Crippen molar-refractivity contribution in [3.63, 3.8) is 0 Å². The highest BCUT2D eigenvalue weighted by atomic mass is 16.3. The molecule has 0 aliphatic carbocycles. The van der Waals surface area contributed by atoms with E-state index in [1.54, 1.807) is 10.9 Å². The molecule has 0 unspecified atom stereocenters. The third-order valence-corrected chi connectivity index (χ3v) is 4.01. The number of aromatic nitrogens is 4. The molecule has 0 aliphatic heterocycles. The summed E-state index contributed by atoms with van der Waals surface area (Å²) in [5.41, 5.74) is 2.45. The van der Waals surface area contributed by atoms with Crippen LogP contribution < -0.4 is 10.6 Å². The quantitative estimate of drug-likeness (QED) is 0.701. The van der Waals surface area contributed by atoms with Crippen molar-refractivity contribution in [2.24, 2.45) is 0 Å². The second-order valence-corrected chi connectivity index (χ2v) is 6.09. The Balaban J connectivity index is 1.64. The lowest BCUT2D eigenvalue weighted by molar-refractivity contribution is 0.233. The van der Waals surface area contributed by atoms with Gasteiger partial charge in [0.1, 0.15) is 12.1 Å². The summed E-state index contributed by atoms with van der Waals surface area (Å²) in [4.78, 5) is 14.3. The summed E-state index contributed by atoms with van der Waals surface area (Å²) in [6.45, 7) is 2.37. The molecule has 2 N–H and O–H groups in total. The number of nitrogens with one attached hydrogen (secondary N) is 2. The largest absolute Gasteiger partial charge is 0.468 e. The zero-order valence-corrected chi connectivity index (χ0v) is 14.9.